The van der Waals surface area contributed by atoms with Gasteiger partial charge < -0.3 is 15.8 Å². The number of nitrogens with two attached hydrogens (primary N) is 1. The summed E-state index contributed by atoms with van der Waals surface area (Å²) in [4.78, 5) is 11.2. The van der Waals surface area contributed by atoms with E-state index >= 15 is 0 Å². The van der Waals surface area contributed by atoms with Crippen LogP contribution in [0.2, 0.25) is 0 Å². The van der Waals surface area contributed by atoms with Crippen LogP contribution in [0.25, 0.3) is 11.3 Å². The van der Waals surface area contributed by atoms with Gasteiger partial charge in [-0.25, -0.2) is 0 Å². The molecule has 1 aromatic carbocycles. The Labute approximate surface area is 117 Å². The van der Waals surface area contributed by atoms with E-state index in [-0.39, 0.29) is 5.91 Å². The molecule has 1 amide bonds. The van der Waals surface area contributed by atoms with Crippen LogP contribution in [0.3, 0.4) is 0 Å². The predicted molar refractivity (Wildman–Crippen MR) is 77.5 cm³/mol. The molecule has 0 saturated carbocycles. The van der Waals surface area contributed by atoms with Gasteiger partial charge in [-0.3, -0.25) is 9.89 Å². The van der Waals surface area contributed by atoms with E-state index in [1.54, 1.807) is 19.2 Å². The van der Waals surface area contributed by atoms with Crippen molar-refractivity contribution < 1.29 is 9.53 Å². The Morgan fingerprint density at radius 3 is 2.85 bits per heavy atom. The van der Waals surface area contributed by atoms with Crippen LogP contribution in [0.4, 0.5) is 5.69 Å². The Hall–Kier alpha value is -2.34. The molecule has 0 atom stereocenters. The lowest BCUT2D eigenvalue weighted by atomic mass is 10.0. The van der Waals surface area contributed by atoms with Gasteiger partial charge in [0.25, 0.3) is 0 Å². The van der Waals surface area contributed by atoms with Gasteiger partial charge in [0.15, 0.2) is 0 Å². The van der Waals surface area contributed by atoms with Crippen LogP contribution in [0.15, 0.2) is 18.2 Å². The molecule has 106 valence electrons. The highest BCUT2D eigenvalue weighted by Gasteiger charge is 2.16. The van der Waals surface area contributed by atoms with Crippen molar-refractivity contribution in [1.82, 2.24) is 10.2 Å². The Morgan fingerprint density at radius 2 is 2.25 bits per heavy atom. The average molecular weight is 274 g/mol. The fraction of sp³-hybridized carbons (Fsp3) is 0.286. The first-order valence-corrected chi connectivity index (χ1v) is 6.26. The smallest absolute Gasteiger partial charge is 0.221 e. The number of aryl methyl sites for hydroxylation is 1. The minimum absolute atomic E-state index is 0.127. The number of aromatic nitrogens is 2. The number of ether oxygens (including phenoxy) is 1. The maximum absolute atomic E-state index is 11.2. The molecule has 0 saturated heterocycles. The number of amides is 1. The molecule has 4 N–H and O–H groups in total. The summed E-state index contributed by atoms with van der Waals surface area (Å²) in [6.07, 6.45) is 0. The molecule has 6 nitrogen and oxygen atoms in total. The zero-order chi connectivity index (χ0) is 14.7. The zero-order valence-electron chi connectivity index (χ0n) is 11.8. The summed E-state index contributed by atoms with van der Waals surface area (Å²) in [5.41, 5.74) is 9.86. The third kappa shape index (κ3) is 2.65. The van der Waals surface area contributed by atoms with Gasteiger partial charge in [-0.05, 0) is 25.1 Å². The standard InChI is InChI=1S/C14H18N4O2/c1-8-12(7-15)14(18-17-8)11-6-10(16-9(2)19)4-5-13(11)20-3/h4-6H,7,15H2,1-3H3,(H,16,19)(H,17,18). The van der Waals surface area contributed by atoms with Gasteiger partial charge in [0.1, 0.15) is 11.4 Å². The van der Waals surface area contributed by atoms with Crippen molar-refractivity contribution in [1.29, 1.82) is 0 Å². The number of anilines is 1. The molecule has 0 aliphatic rings. The second-order valence-electron chi connectivity index (χ2n) is 4.48. The largest absolute Gasteiger partial charge is 0.496 e. The van der Waals surface area contributed by atoms with Crippen LogP contribution in [-0.4, -0.2) is 23.2 Å². The summed E-state index contributed by atoms with van der Waals surface area (Å²) in [5.74, 6) is 0.554. The maximum atomic E-state index is 11.2. The zero-order valence-corrected chi connectivity index (χ0v) is 11.8. The molecule has 0 unspecified atom stereocenters. The normalized spacial score (nSPS) is 10.4. The Kier molecular flexibility index (Phi) is 4.05. The van der Waals surface area contributed by atoms with Crippen LogP contribution < -0.4 is 15.8 Å². The predicted octanol–water partition coefficient (Wildman–Crippen LogP) is 1.81. The summed E-state index contributed by atoms with van der Waals surface area (Å²) in [5, 5.41) is 9.96. The minimum atomic E-state index is -0.127. The van der Waals surface area contributed by atoms with Crippen molar-refractivity contribution in [2.75, 3.05) is 12.4 Å². The van der Waals surface area contributed by atoms with Gasteiger partial charge in [0.2, 0.25) is 5.91 Å². The quantitative estimate of drug-likeness (QED) is 0.792. The molecule has 0 spiro atoms. The van der Waals surface area contributed by atoms with Crippen molar-refractivity contribution in [3.8, 4) is 17.0 Å². The van der Waals surface area contributed by atoms with E-state index in [0.29, 0.717) is 18.0 Å². The second-order valence-corrected chi connectivity index (χ2v) is 4.48. The lowest BCUT2D eigenvalue weighted by Crippen LogP contribution is -2.06. The highest BCUT2D eigenvalue weighted by Crippen LogP contribution is 2.34. The van der Waals surface area contributed by atoms with Crippen LogP contribution in [0.5, 0.6) is 5.75 Å². The van der Waals surface area contributed by atoms with Crippen molar-refractivity contribution in [3.63, 3.8) is 0 Å². The second kappa shape index (κ2) is 5.75. The molecule has 6 heteroatoms. The van der Waals surface area contributed by atoms with E-state index in [4.69, 9.17) is 10.5 Å². The molecular weight excluding hydrogens is 256 g/mol. The van der Waals surface area contributed by atoms with Crippen LogP contribution in [-0.2, 0) is 11.3 Å². The topological polar surface area (TPSA) is 93.0 Å². The van der Waals surface area contributed by atoms with Crippen LogP contribution in [0.1, 0.15) is 18.2 Å². The Bertz CT molecular complexity index is 634. The van der Waals surface area contributed by atoms with Gasteiger partial charge in [0, 0.05) is 36.0 Å². The lowest BCUT2D eigenvalue weighted by molar-refractivity contribution is -0.114. The number of benzene rings is 1. The van der Waals surface area contributed by atoms with Crippen LogP contribution >= 0.6 is 0 Å². The average Bonchev–Trinajstić information content (AvgIpc) is 2.78. The van der Waals surface area contributed by atoms with E-state index in [2.05, 4.69) is 15.5 Å². The van der Waals surface area contributed by atoms with Crippen LogP contribution in [0, 0.1) is 6.92 Å². The number of hydrogen-bond donors (Lipinski definition) is 3. The Balaban J connectivity index is 2.55. The Morgan fingerprint density at radius 1 is 1.50 bits per heavy atom. The fourth-order valence-corrected chi connectivity index (χ4v) is 2.10. The third-order valence-corrected chi connectivity index (χ3v) is 3.05. The number of aromatic amines is 1. The van der Waals surface area contributed by atoms with Crippen molar-refractivity contribution in [2.45, 2.75) is 20.4 Å². The van der Waals surface area contributed by atoms with Gasteiger partial charge in [0.05, 0.1) is 7.11 Å². The molecule has 0 aliphatic heterocycles. The number of hydrogen-bond acceptors (Lipinski definition) is 4. The van der Waals surface area contributed by atoms with Gasteiger partial charge >= 0.3 is 0 Å². The maximum Gasteiger partial charge on any atom is 0.221 e. The molecule has 20 heavy (non-hydrogen) atoms. The molecule has 0 aliphatic carbocycles. The number of rotatable bonds is 4. The molecule has 1 heterocycles. The first-order valence-electron chi connectivity index (χ1n) is 6.26. The monoisotopic (exact) mass is 274 g/mol. The van der Waals surface area contributed by atoms with Crippen molar-refractivity contribution in [3.05, 3.63) is 29.5 Å². The SMILES string of the molecule is COc1ccc(NC(C)=O)cc1-c1n[nH]c(C)c1CN. The van der Waals surface area contributed by atoms with E-state index in [1.807, 2.05) is 13.0 Å². The van der Waals surface area contributed by atoms with Gasteiger partial charge in [-0.2, -0.15) is 5.10 Å². The highest BCUT2D eigenvalue weighted by molar-refractivity contribution is 5.90. The lowest BCUT2D eigenvalue weighted by Gasteiger charge is -2.11. The van der Waals surface area contributed by atoms with Gasteiger partial charge in [-0.1, -0.05) is 0 Å². The molecule has 0 fully saturated rings. The summed E-state index contributed by atoms with van der Waals surface area (Å²) >= 11 is 0. The van der Waals surface area contributed by atoms with Crippen molar-refractivity contribution >= 4 is 11.6 Å². The molecule has 1 aromatic heterocycles. The first kappa shape index (κ1) is 14.1. The highest BCUT2D eigenvalue weighted by atomic mass is 16.5. The van der Waals surface area contributed by atoms with Gasteiger partial charge in [-0.15, -0.1) is 0 Å². The van der Waals surface area contributed by atoms with E-state index in [0.717, 1.165) is 22.5 Å². The molecule has 0 bridgehead atoms. The van der Waals surface area contributed by atoms with E-state index in [9.17, 15) is 4.79 Å². The first-order chi connectivity index (χ1) is 9.56. The summed E-state index contributed by atoms with van der Waals surface area (Å²) in [6, 6.07) is 5.41. The molecular formula is C14H18N4O2. The number of carbonyl (C=O) groups excluding carboxylic acids is 1. The number of nitrogens with one attached hydrogen (secondary N) is 2. The fourth-order valence-electron chi connectivity index (χ4n) is 2.10. The summed E-state index contributed by atoms with van der Waals surface area (Å²) in [7, 11) is 1.60. The molecule has 2 aromatic rings. The summed E-state index contributed by atoms with van der Waals surface area (Å²) < 4.78 is 5.36. The third-order valence-electron chi connectivity index (χ3n) is 3.05. The van der Waals surface area contributed by atoms with E-state index in [1.165, 1.54) is 6.92 Å². The number of methoxy groups -OCH3 is 1. The number of carbonyl (C=O) groups is 1. The summed E-state index contributed by atoms with van der Waals surface area (Å²) in [6.45, 7) is 3.77. The minimum Gasteiger partial charge on any atom is -0.496 e. The number of nitrogens with zero attached hydrogens (tertiary/aromatic N) is 1. The molecule has 0 radical (unpaired) electrons. The van der Waals surface area contributed by atoms with Crippen molar-refractivity contribution in [2.24, 2.45) is 5.73 Å². The number of H-pyrrole nitrogens is 1. The molecule has 2 rings (SSSR count). The van der Waals surface area contributed by atoms with E-state index < -0.39 is 0 Å².